The van der Waals surface area contributed by atoms with Crippen LogP contribution in [0, 0.1) is 0 Å². The van der Waals surface area contributed by atoms with E-state index in [0.29, 0.717) is 5.88 Å². The summed E-state index contributed by atoms with van der Waals surface area (Å²) in [6.45, 7) is 0. The van der Waals surface area contributed by atoms with Crippen molar-refractivity contribution in [1.82, 2.24) is 15.0 Å². The second-order valence-electron chi connectivity index (χ2n) is 3.41. The van der Waals surface area contributed by atoms with Gasteiger partial charge in [0.2, 0.25) is 0 Å². The molecule has 0 aliphatic carbocycles. The molecule has 1 aromatic heterocycles. The van der Waals surface area contributed by atoms with Crippen molar-refractivity contribution in [2.75, 3.05) is 13.0 Å². The number of nitrogens with zero attached hydrogens (tertiary/aromatic N) is 3. The van der Waals surface area contributed by atoms with Crippen molar-refractivity contribution in [3.8, 4) is 11.4 Å². The molecule has 6 heteroatoms. The summed E-state index contributed by atoms with van der Waals surface area (Å²) < 4.78 is 7.84. The standard InChI is InChI=1S/C11H11BrClN3O/c1-17-11-6-9(2-3-10(11)12)16-7-8(4-5-13)14-15-16/h2-3,6-7H,4-5H2,1H3. The zero-order valence-corrected chi connectivity index (χ0v) is 11.6. The predicted octanol–water partition coefficient (Wildman–Crippen LogP) is 2.82. The first kappa shape index (κ1) is 12.4. The van der Waals surface area contributed by atoms with Crippen LogP contribution in [0.15, 0.2) is 28.9 Å². The fourth-order valence-electron chi connectivity index (χ4n) is 1.43. The Bertz CT molecular complexity index is 515. The molecule has 2 aromatic rings. The Morgan fingerprint density at radius 3 is 3.00 bits per heavy atom. The lowest BCUT2D eigenvalue weighted by Crippen LogP contribution is -1.96. The highest BCUT2D eigenvalue weighted by Crippen LogP contribution is 2.26. The minimum absolute atomic E-state index is 0.544. The van der Waals surface area contributed by atoms with Crippen LogP contribution in [0.4, 0.5) is 0 Å². The minimum atomic E-state index is 0.544. The Balaban J connectivity index is 2.32. The molecule has 1 heterocycles. The zero-order valence-electron chi connectivity index (χ0n) is 9.23. The maximum atomic E-state index is 5.66. The average molecular weight is 317 g/mol. The second kappa shape index (κ2) is 5.51. The Morgan fingerprint density at radius 1 is 1.47 bits per heavy atom. The van der Waals surface area contributed by atoms with E-state index >= 15 is 0 Å². The number of halogens is 2. The summed E-state index contributed by atoms with van der Waals surface area (Å²) in [6.07, 6.45) is 2.58. The molecule has 0 atom stereocenters. The van der Waals surface area contributed by atoms with E-state index in [1.807, 2.05) is 24.4 Å². The molecule has 0 bridgehead atoms. The molecule has 0 aliphatic heterocycles. The molecule has 0 amide bonds. The predicted molar refractivity (Wildman–Crippen MR) is 70.0 cm³/mol. The van der Waals surface area contributed by atoms with E-state index in [1.54, 1.807) is 11.8 Å². The molecule has 4 nitrogen and oxygen atoms in total. The number of hydrogen-bond acceptors (Lipinski definition) is 3. The van der Waals surface area contributed by atoms with Crippen molar-refractivity contribution in [2.45, 2.75) is 6.42 Å². The quantitative estimate of drug-likeness (QED) is 0.814. The number of methoxy groups -OCH3 is 1. The number of alkyl halides is 1. The van der Waals surface area contributed by atoms with Gasteiger partial charge in [0.1, 0.15) is 5.75 Å². The maximum absolute atomic E-state index is 5.66. The number of aryl methyl sites for hydroxylation is 1. The van der Waals surface area contributed by atoms with Crippen LogP contribution in [-0.2, 0) is 6.42 Å². The van der Waals surface area contributed by atoms with Gasteiger partial charge in [-0.05, 0) is 28.1 Å². The Labute approximate surface area is 113 Å². The zero-order chi connectivity index (χ0) is 12.3. The molecule has 17 heavy (non-hydrogen) atoms. The van der Waals surface area contributed by atoms with Crippen LogP contribution in [0.3, 0.4) is 0 Å². The maximum Gasteiger partial charge on any atom is 0.135 e. The summed E-state index contributed by atoms with van der Waals surface area (Å²) in [6, 6.07) is 5.74. The van der Waals surface area contributed by atoms with Crippen LogP contribution in [-0.4, -0.2) is 28.0 Å². The van der Waals surface area contributed by atoms with E-state index in [-0.39, 0.29) is 0 Å². The van der Waals surface area contributed by atoms with E-state index < -0.39 is 0 Å². The van der Waals surface area contributed by atoms with Crippen molar-refractivity contribution in [1.29, 1.82) is 0 Å². The van der Waals surface area contributed by atoms with Gasteiger partial charge in [-0.15, -0.1) is 16.7 Å². The molecule has 0 aliphatic rings. The molecule has 0 spiro atoms. The van der Waals surface area contributed by atoms with Gasteiger partial charge in [0, 0.05) is 18.4 Å². The molecule has 1 aromatic carbocycles. The van der Waals surface area contributed by atoms with Crippen LogP contribution < -0.4 is 4.74 Å². The van der Waals surface area contributed by atoms with Crippen LogP contribution >= 0.6 is 27.5 Å². The molecule has 0 saturated heterocycles. The summed E-state index contributed by atoms with van der Waals surface area (Å²) in [4.78, 5) is 0. The molecule has 0 radical (unpaired) electrons. The molecular weight excluding hydrogens is 305 g/mol. The van der Waals surface area contributed by atoms with Crippen LogP contribution in [0.25, 0.3) is 5.69 Å². The highest BCUT2D eigenvalue weighted by atomic mass is 79.9. The number of rotatable bonds is 4. The lowest BCUT2D eigenvalue weighted by Gasteiger charge is -2.05. The number of hydrogen-bond donors (Lipinski definition) is 0. The minimum Gasteiger partial charge on any atom is -0.495 e. The third-order valence-electron chi connectivity index (χ3n) is 2.29. The third kappa shape index (κ3) is 2.79. The fourth-order valence-corrected chi connectivity index (χ4v) is 2.03. The molecule has 0 unspecified atom stereocenters. The third-order valence-corrected chi connectivity index (χ3v) is 3.13. The van der Waals surface area contributed by atoms with Crippen molar-refractivity contribution in [2.24, 2.45) is 0 Å². The Kier molecular flexibility index (Phi) is 4.02. The lowest BCUT2D eigenvalue weighted by molar-refractivity contribution is 0.412. The Hall–Kier alpha value is -1.07. The summed E-state index contributed by atoms with van der Waals surface area (Å²) in [5.74, 6) is 1.31. The topological polar surface area (TPSA) is 39.9 Å². The van der Waals surface area contributed by atoms with E-state index in [2.05, 4.69) is 26.2 Å². The molecule has 0 fully saturated rings. The largest absolute Gasteiger partial charge is 0.495 e. The first-order valence-electron chi connectivity index (χ1n) is 5.05. The normalized spacial score (nSPS) is 10.5. The van der Waals surface area contributed by atoms with Gasteiger partial charge < -0.3 is 4.74 Å². The van der Waals surface area contributed by atoms with Gasteiger partial charge in [-0.2, -0.15) is 0 Å². The van der Waals surface area contributed by atoms with Crippen LogP contribution in [0.2, 0.25) is 0 Å². The van der Waals surface area contributed by atoms with Gasteiger partial charge in [0.25, 0.3) is 0 Å². The van der Waals surface area contributed by atoms with Gasteiger partial charge >= 0.3 is 0 Å². The van der Waals surface area contributed by atoms with Gasteiger partial charge in [0.15, 0.2) is 0 Å². The van der Waals surface area contributed by atoms with Crippen LogP contribution in [0.5, 0.6) is 5.75 Å². The summed E-state index contributed by atoms with van der Waals surface area (Å²) in [5.41, 5.74) is 1.78. The number of ether oxygens (including phenoxy) is 1. The van der Waals surface area contributed by atoms with Crippen molar-refractivity contribution >= 4 is 27.5 Å². The molecule has 0 saturated carbocycles. The lowest BCUT2D eigenvalue weighted by atomic mass is 10.3. The van der Waals surface area contributed by atoms with Crippen molar-refractivity contribution in [3.05, 3.63) is 34.6 Å². The van der Waals surface area contributed by atoms with E-state index in [0.717, 1.165) is 28.0 Å². The van der Waals surface area contributed by atoms with Crippen molar-refractivity contribution in [3.63, 3.8) is 0 Å². The summed E-state index contributed by atoms with van der Waals surface area (Å²) >= 11 is 9.06. The van der Waals surface area contributed by atoms with Crippen LogP contribution in [0.1, 0.15) is 5.69 Å². The van der Waals surface area contributed by atoms with Gasteiger partial charge in [-0.25, -0.2) is 4.68 Å². The highest BCUT2D eigenvalue weighted by Gasteiger charge is 2.06. The fraction of sp³-hybridized carbons (Fsp3) is 0.273. The first-order valence-corrected chi connectivity index (χ1v) is 6.38. The van der Waals surface area contributed by atoms with Gasteiger partial charge in [-0.1, -0.05) is 5.21 Å². The van der Waals surface area contributed by atoms with Crippen molar-refractivity contribution < 1.29 is 4.74 Å². The molecule has 0 N–H and O–H groups in total. The van der Waals surface area contributed by atoms with E-state index in [4.69, 9.17) is 16.3 Å². The Morgan fingerprint density at radius 2 is 2.29 bits per heavy atom. The number of aromatic nitrogens is 3. The molecular formula is C11H11BrClN3O. The van der Waals surface area contributed by atoms with E-state index in [9.17, 15) is 0 Å². The summed E-state index contributed by atoms with van der Waals surface area (Å²) in [7, 11) is 1.63. The SMILES string of the molecule is COc1cc(-n2cc(CCCl)nn2)ccc1Br. The monoisotopic (exact) mass is 315 g/mol. The second-order valence-corrected chi connectivity index (χ2v) is 4.64. The highest BCUT2D eigenvalue weighted by molar-refractivity contribution is 9.10. The molecule has 90 valence electrons. The van der Waals surface area contributed by atoms with Gasteiger partial charge in [0.05, 0.1) is 29.2 Å². The summed E-state index contributed by atoms with van der Waals surface area (Å²) in [5, 5.41) is 8.08. The van der Waals surface area contributed by atoms with Gasteiger partial charge in [-0.3, -0.25) is 0 Å². The average Bonchev–Trinajstić information content (AvgIpc) is 2.79. The molecule has 2 rings (SSSR count). The number of benzene rings is 1. The van der Waals surface area contributed by atoms with E-state index in [1.165, 1.54) is 0 Å². The smallest absolute Gasteiger partial charge is 0.135 e. The first-order chi connectivity index (χ1) is 8.24.